The van der Waals surface area contributed by atoms with Gasteiger partial charge in [0.25, 0.3) is 0 Å². The highest BCUT2D eigenvalue weighted by Crippen LogP contribution is 2.24. The summed E-state index contributed by atoms with van der Waals surface area (Å²) in [5.74, 6) is 0.652. The number of nitrogens with two attached hydrogens (primary N) is 1. The minimum Gasteiger partial charge on any atom is -0.484 e. The number of nitrogen functional groups attached to an aromatic ring is 1. The Morgan fingerprint density at radius 2 is 2.04 bits per heavy atom. The fourth-order valence-corrected chi connectivity index (χ4v) is 2.28. The lowest BCUT2D eigenvalue weighted by Crippen LogP contribution is -2.02. The summed E-state index contributed by atoms with van der Waals surface area (Å²) in [6, 6.07) is 12.9. The predicted octanol–water partition coefficient (Wildman–Crippen LogP) is 0.966. The normalized spacial score (nSPS) is 10.7. The van der Waals surface area contributed by atoms with E-state index < -0.39 is 0 Å². The largest absolute Gasteiger partial charge is 0.484 e. The van der Waals surface area contributed by atoms with E-state index in [1.54, 1.807) is 6.07 Å². The third-order valence-electron chi connectivity index (χ3n) is 3.42. The zero-order valence-electron chi connectivity index (χ0n) is 12.8. The van der Waals surface area contributed by atoms with Crippen molar-refractivity contribution < 1.29 is 4.74 Å². The topological polar surface area (TPSA) is 144 Å². The van der Waals surface area contributed by atoms with Crippen LogP contribution in [0.2, 0.25) is 0 Å². The molecule has 0 atom stereocenters. The SMILES string of the molecule is N#Cc1nn(-c2ccccc2)nc1COc1cc(N)nc2n[nH]nc12. The molecule has 4 rings (SSSR count). The average Bonchev–Trinajstić information content (AvgIpc) is 3.26. The van der Waals surface area contributed by atoms with E-state index in [0.29, 0.717) is 22.6 Å². The first kappa shape index (κ1) is 14.6. The second-order valence-electron chi connectivity index (χ2n) is 5.06. The number of aromatic nitrogens is 7. The summed E-state index contributed by atoms with van der Waals surface area (Å²) in [6.45, 7) is 0.0289. The van der Waals surface area contributed by atoms with E-state index in [1.807, 2.05) is 36.4 Å². The van der Waals surface area contributed by atoms with Crippen LogP contribution in [0.1, 0.15) is 11.4 Å². The van der Waals surface area contributed by atoms with Crippen LogP contribution in [0.15, 0.2) is 36.4 Å². The molecule has 25 heavy (non-hydrogen) atoms. The van der Waals surface area contributed by atoms with Crippen molar-refractivity contribution >= 4 is 17.0 Å². The van der Waals surface area contributed by atoms with Gasteiger partial charge in [0, 0.05) is 6.07 Å². The van der Waals surface area contributed by atoms with Crippen LogP contribution in [0.4, 0.5) is 5.82 Å². The van der Waals surface area contributed by atoms with Crippen LogP contribution in [0, 0.1) is 11.3 Å². The zero-order chi connectivity index (χ0) is 17.2. The van der Waals surface area contributed by atoms with Gasteiger partial charge in [-0.1, -0.05) is 18.2 Å². The number of ether oxygens (including phenoxy) is 1. The molecule has 0 aliphatic rings. The number of rotatable bonds is 4. The maximum absolute atomic E-state index is 9.28. The van der Waals surface area contributed by atoms with Crippen LogP contribution >= 0.6 is 0 Å². The van der Waals surface area contributed by atoms with Crippen LogP contribution < -0.4 is 10.5 Å². The lowest BCUT2D eigenvalue weighted by molar-refractivity contribution is 0.303. The Bertz CT molecular complexity index is 1080. The third kappa shape index (κ3) is 2.70. The highest BCUT2D eigenvalue weighted by molar-refractivity contribution is 5.78. The highest BCUT2D eigenvalue weighted by Gasteiger charge is 2.15. The van der Waals surface area contributed by atoms with E-state index in [4.69, 9.17) is 10.5 Å². The molecule has 0 bridgehead atoms. The van der Waals surface area contributed by atoms with Gasteiger partial charge in [0.05, 0.1) is 5.69 Å². The molecule has 0 radical (unpaired) electrons. The molecule has 0 saturated carbocycles. The Morgan fingerprint density at radius 1 is 1.20 bits per heavy atom. The van der Waals surface area contributed by atoms with Gasteiger partial charge in [0.15, 0.2) is 17.0 Å². The lowest BCUT2D eigenvalue weighted by atomic mass is 10.3. The Balaban J connectivity index is 1.64. The standard InChI is InChI=1S/C15H11N9O/c16-7-10-11(22-24(21-10)9-4-2-1-3-5-9)8-25-12-6-13(17)18-15-14(12)19-23-20-15/h1-6H,8H2,(H3,17,18,19,20,23). The van der Waals surface area contributed by atoms with E-state index in [9.17, 15) is 5.26 Å². The number of anilines is 1. The summed E-state index contributed by atoms with van der Waals surface area (Å²) in [5.41, 5.74) is 7.86. The zero-order valence-corrected chi connectivity index (χ0v) is 12.8. The maximum atomic E-state index is 9.28. The summed E-state index contributed by atoms with van der Waals surface area (Å²) in [5, 5.41) is 28.1. The van der Waals surface area contributed by atoms with Gasteiger partial charge in [0.1, 0.15) is 24.2 Å². The summed E-state index contributed by atoms with van der Waals surface area (Å²) >= 11 is 0. The summed E-state index contributed by atoms with van der Waals surface area (Å²) in [7, 11) is 0. The molecule has 3 N–H and O–H groups in total. The molecule has 10 nitrogen and oxygen atoms in total. The van der Waals surface area contributed by atoms with Gasteiger partial charge >= 0.3 is 0 Å². The number of hydrogen-bond donors (Lipinski definition) is 2. The van der Waals surface area contributed by atoms with Crippen LogP contribution in [-0.2, 0) is 6.61 Å². The molecule has 0 unspecified atom stereocenters. The van der Waals surface area contributed by atoms with E-state index in [-0.39, 0.29) is 18.1 Å². The minimum atomic E-state index is 0.0289. The van der Waals surface area contributed by atoms with Crippen LogP contribution in [0.3, 0.4) is 0 Å². The van der Waals surface area contributed by atoms with Crippen molar-refractivity contribution in [2.24, 2.45) is 0 Å². The summed E-state index contributed by atoms with van der Waals surface area (Å²) < 4.78 is 5.73. The van der Waals surface area contributed by atoms with Crippen LogP contribution in [-0.4, -0.2) is 35.4 Å². The number of nitrogens with zero attached hydrogens (tertiary/aromatic N) is 7. The van der Waals surface area contributed by atoms with Gasteiger partial charge in [-0.2, -0.15) is 15.6 Å². The van der Waals surface area contributed by atoms with Gasteiger partial charge in [-0.05, 0) is 12.1 Å². The number of H-pyrrole nitrogens is 1. The molecule has 122 valence electrons. The van der Waals surface area contributed by atoms with Gasteiger partial charge in [-0.25, -0.2) is 4.98 Å². The molecule has 4 aromatic rings. The van der Waals surface area contributed by atoms with Crippen molar-refractivity contribution in [3.8, 4) is 17.5 Å². The number of hydrogen-bond acceptors (Lipinski definition) is 8. The number of nitriles is 1. The average molecular weight is 333 g/mol. The molecule has 0 spiro atoms. The molecule has 1 aromatic carbocycles. The third-order valence-corrected chi connectivity index (χ3v) is 3.42. The first-order valence-corrected chi connectivity index (χ1v) is 7.26. The number of benzene rings is 1. The minimum absolute atomic E-state index is 0.0289. The Hall–Kier alpha value is -4.00. The molecule has 0 aliphatic heterocycles. The summed E-state index contributed by atoms with van der Waals surface area (Å²) in [4.78, 5) is 5.43. The van der Waals surface area contributed by atoms with E-state index >= 15 is 0 Å². The molecule has 10 heteroatoms. The van der Waals surface area contributed by atoms with E-state index in [1.165, 1.54) is 4.80 Å². The second-order valence-corrected chi connectivity index (χ2v) is 5.06. The van der Waals surface area contributed by atoms with Crippen molar-refractivity contribution in [1.82, 2.24) is 35.4 Å². The molecule has 3 heterocycles. The lowest BCUT2D eigenvalue weighted by Gasteiger charge is -2.05. The quantitative estimate of drug-likeness (QED) is 0.562. The van der Waals surface area contributed by atoms with Crippen molar-refractivity contribution in [3.05, 3.63) is 47.8 Å². The number of aromatic amines is 1. The maximum Gasteiger partial charge on any atom is 0.207 e. The number of nitrogens with one attached hydrogen (secondary N) is 1. The number of para-hydroxylation sites is 1. The predicted molar refractivity (Wildman–Crippen MR) is 86.5 cm³/mol. The molecule has 3 aromatic heterocycles. The van der Waals surface area contributed by atoms with Crippen molar-refractivity contribution in [3.63, 3.8) is 0 Å². The fraction of sp³-hybridized carbons (Fsp3) is 0.0667. The van der Waals surface area contributed by atoms with Gasteiger partial charge in [0.2, 0.25) is 5.65 Å². The smallest absolute Gasteiger partial charge is 0.207 e. The molecular formula is C15H11N9O. The molecule has 0 fully saturated rings. The van der Waals surface area contributed by atoms with Gasteiger partial charge < -0.3 is 10.5 Å². The van der Waals surface area contributed by atoms with Crippen molar-refractivity contribution in [2.75, 3.05) is 5.73 Å². The molecule has 0 aliphatic carbocycles. The summed E-state index contributed by atoms with van der Waals surface area (Å²) in [6.07, 6.45) is 0. The molecule has 0 amide bonds. The molecular weight excluding hydrogens is 322 g/mol. The Morgan fingerprint density at radius 3 is 2.84 bits per heavy atom. The van der Waals surface area contributed by atoms with Gasteiger partial charge in [-0.3, -0.25) is 0 Å². The van der Waals surface area contributed by atoms with Crippen molar-refractivity contribution in [2.45, 2.75) is 6.61 Å². The van der Waals surface area contributed by atoms with Crippen LogP contribution in [0.25, 0.3) is 16.9 Å². The number of pyridine rings is 1. The van der Waals surface area contributed by atoms with Crippen LogP contribution in [0.5, 0.6) is 5.75 Å². The first-order chi connectivity index (χ1) is 12.2. The Labute approximate surface area is 140 Å². The first-order valence-electron chi connectivity index (χ1n) is 7.26. The van der Waals surface area contributed by atoms with Crippen molar-refractivity contribution in [1.29, 1.82) is 5.26 Å². The van der Waals surface area contributed by atoms with E-state index in [2.05, 4.69) is 30.6 Å². The highest BCUT2D eigenvalue weighted by atomic mass is 16.5. The second kappa shape index (κ2) is 5.89. The molecule has 0 saturated heterocycles. The monoisotopic (exact) mass is 333 g/mol. The fourth-order valence-electron chi connectivity index (χ4n) is 2.28. The number of fused-ring (bicyclic) bond motifs is 1. The Kier molecular flexibility index (Phi) is 3.44. The van der Waals surface area contributed by atoms with E-state index in [0.717, 1.165) is 5.69 Å². The van der Waals surface area contributed by atoms with Gasteiger partial charge in [-0.15, -0.1) is 20.1 Å².